The van der Waals surface area contributed by atoms with Gasteiger partial charge in [-0.15, -0.1) is 0 Å². The third-order valence-corrected chi connectivity index (χ3v) is 3.06. The average Bonchev–Trinajstić information content (AvgIpc) is 2.74. The molecule has 1 saturated heterocycles. The number of halogens is 3. The fourth-order valence-electron chi connectivity index (χ4n) is 1.85. The lowest BCUT2D eigenvalue weighted by atomic mass is 10.1. The number of carbonyl (C=O) groups excluding carboxylic acids is 1. The van der Waals surface area contributed by atoms with E-state index < -0.39 is 24.1 Å². The zero-order chi connectivity index (χ0) is 13.7. The van der Waals surface area contributed by atoms with Gasteiger partial charge in [0.1, 0.15) is 0 Å². The lowest BCUT2D eigenvalue weighted by molar-refractivity contribution is -0.141. The van der Waals surface area contributed by atoms with E-state index in [-0.39, 0.29) is 11.7 Å². The Morgan fingerprint density at radius 2 is 2.00 bits per heavy atom. The molecule has 1 amide bonds. The van der Waals surface area contributed by atoms with Crippen LogP contribution in [-0.2, 0) is 18.0 Å². The Bertz CT molecular complexity index is 483. The molecule has 2 rings (SSSR count). The van der Waals surface area contributed by atoms with E-state index >= 15 is 0 Å². The predicted molar refractivity (Wildman–Crippen MR) is 54.7 cm³/mol. The molecule has 100 valence electrons. The molecular weight excluding hydrogens is 251 g/mol. The van der Waals surface area contributed by atoms with Gasteiger partial charge in [-0.25, -0.2) is 4.79 Å². The van der Waals surface area contributed by atoms with Crippen molar-refractivity contribution in [3.63, 3.8) is 0 Å². The molecular formula is C10H12F3N3O2. The number of aromatic nitrogens is 2. The Hall–Kier alpha value is -1.73. The van der Waals surface area contributed by atoms with Crippen molar-refractivity contribution in [2.75, 3.05) is 7.05 Å². The highest BCUT2D eigenvalue weighted by Gasteiger charge is 2.41. The maximum Gasteiger partial charge on any atom is 0.435 e. The van der Waals surface area contributed by atoms with E-state index in [1.54, 1.807) is 6.92 Å². The predicted octanol–water partition coefficient (Wildman–Crippen LogP) is 1.95. The highest BCUT2D eigenvalue weighted by Crippen LogP contribution is 2.35. The quantitative estimate of drug-likeness (QED) is 0.778. The second-order valence-electron chi connectivity index (χ2n) is 4.23. The lowest BCUT2D eigenvalue weighted by Gasteiger charge is -2.16. The van der Waals surface area contributed by atoms with Crippen LogP contribution in [0, 0.1) is 0 Å². The van der Waals surface area contributed by atoms with Crippen molar-refractivity contribution in [1.82, 2.24) is 14.7 Å². The Morgan fingerprint density at radius 3 is 2.39 bits per heavy atom. The average molecular weight is 263 g/mol. The monoisotopic (exact) mass is 263 g/mol. The van der Waals surface area contributed by atoms with Crippen molar-refractivity contribution in [1.29, 1.82) is 0 Å². The van der Waals surface area contributed by atoms with Gasteiger partial charge in [-0.3, -0.25) is 4.68 Å². The standard InChI is InChI=1S/C10H12F3N3O2/c1-5-8(18-9(17)15(5)2)6-4-7(10(11,12)13)14-16(6)3/h4-5,8H,1-3H3/t5-,8-/m0/s1. The van der Waals surface area contributed by atoms with Crippen LogP contribution in [0.5, 0.6) is 0 Å². The van der Waals surface area contributed by atoms with E-state index in [1.807, 2.05) is 0 Å². The van der Waals surface area contributed by atoms with E-state index in [0.29, 0.717) is 0 Å². The van der Waals surface area contributed by atoms with Crippen molar-refractivity contribution in [3.8, 4) is 0 Å². The van der Waals surface area contributed by atoms with Gasteiger partial charge >= 0.3 is 12.3 Å². The summed E-state index contributed by atoms with van der Waals surface area (Å²) in [6.45, 7) is 1.70. The summed E-state index contributed by atoms with van der Waals surface area (Å²) in [6.07, 6.45) is -5.80. The molecule has 5 nitrogen and oxygen atoms in total. The number of amides is 1. The number of hydrogen-bond donors (Lipinski definition) is 0. The molecule has 1 aromatic rings. The molecule has 0 saturated carbocycles. The van der Waals surface area contributed by atoms with E-state index in [1.165, 1.54) is 19.0 Å². The molecule has 1 aromatic heterocycles. The first-order valence-corrected chi connectivity index (χ1v) is 5.26. The van der Waals surface area contributed by atoms with Crippen LogP contribution in [0.4, 0.5) is 18.0 Å². The summed E-state index contributed by atoms with van der Waals surface area (Å²) in [7, 11) is 2.93. The van der Waals surface area contributed by atoms with Gasteiger partial charge < -0.3 is 9.64 Å². The van der Waals surface area contributed by atoms with Gasteiger partial charge in [0.05, 0.1) is 11.7 Å². The van der Waals surface area contributed by atoms with Crippen molar-refractivity contribution in [2.24, 2.45) is 7.05 Å². The molecule has 0 bridgehead atoms. The lowest BCUT2D eigenvalue weighted by Crippen LogP contribution is -2.27. The molecule has 18 heavy (non-hydrogen) atoms. The number of likely N-dealkylation sites (N-methyl/N-ethyl adjacent to an activating group) is 1. The van der Waals surface area contributed by atoms with Crippen LogP contribution >= 0.6 is 0 Å². The molecule has 1 aliphatic rings. The van der Waals surface area contributed by atoms with Gasteiger partial charge in [-0.05, 0) is 13.0 Å². The summed E-state index contributed by atoms with van der Waals surface area (Å²) in [5, 5.41) is 3.39. The Kier molecular flexibility index (Phi) is 2.75. The van der Waals surface area contributed by atoms with Crippen LogP contribution in [0.3, 0.4) is 0 Å². The summed E-state index contributed by atoms with van der Waals surface area (Å²) >= 11 is 0. The largest absolute Gasteiger partial charge is 0.437 e. The first-order chi connectivity index (χ1) is 8.21. The zero-order valence-electron chi connectivity index (χ0n) is 10.0. The minimum atomic E-state index is -4.51. The summed E-state index contributed by atoms with van der Waals surface area (Å²) in [4.78, 5) is 12.7. The number of hydrogen-bond acceptors (Lipinski definition) is 3. The minimum absolute atomic E-state index is 0.229. The molecule has 0 radical (unpaired) electrons. The highest BCUT2D eigenvalue weighted by molar-refractivity contribution is 5.70. The minimum Gasteiger partial charge on any atom is -0.437 e. The zero-order valence-corrected chi connectivity index (χ0v) is 10.0. The van der Waals surface area contributed by atoms with E-state index in [0.717, 1.165) is 10.7 Å². The third-order valence-electron chi connectivity index (χ3n) is 3.06. The molecule has 1 aliphatic heterocycles. The summed E-state index contributed by atoms with van der Waals surface area (Å²) < 4.78 is 43.7. The second-order valence-corrected chi connectivity index (χ2v) is 4.23. The van der Waals surface area contributed by atoms with Gasteiger partial charge in [-0.1, -0.05) is 0 Å². The smallest absolute Gasteiger partial charge is 0.435 e. The maximum atomic E-state index is 12.5. The molecule has 1 fully saturated rings. The van der Waals surface area contributed by atoms with Crippen molar-refractivity contribution >= 4 is 6.09 Å². The third kappa shape index (κ3) is 1.91. The Morgan fingerprint density at radius 1 is 1.39 bits per heavy atom. The van der Waals surface area contributed by atoms with E-state index in [2.05, 4.69) is 5.10 Å². The Labute approximate surface area is 101 Å². The number of nitrogens with zero attached hydrogens (tertiary/aromatic N) is 3. The van der Waals surface area contributed by atoms with Crippen molar-refractivity contribution in [3.05, 3.63) is 17.5 Å². The fourth-order valence-corrected chi connectivity index (χ4v) is 1.85. The topological polar surface area (TPSA) is 47.4 Å². The molecule has 0 N–H and O–H groups in total. The number of ether oxygens (including phenoxy) is 1. The van der Waals surface area contributed by atoms with Crippen LogP contribution in [0.2, 0.25) is 0 Å². The second kappa shape index (κ2) is 3.89. The number of alkyl halides is 3. The van der Waals surface area contributed by atoms with Gasteiger partial charge in [-0.2, -0.15) is 18.3 Å². The molecule has 0 aliphatic carbocycles. The number of rotatable bonds is 1. The molecule has 2 atom stereocenters. The van der Waals surface area contributed by atoms with Crippen molar-refractivity contribution < 1.29 is 22.7 Å². The van der Waals surface area contributed by atoms with Crippen molar-refractivity contribution in [2.45, 2.75) is 25.2 Å². The van der Waals surface area contributed by atoms with Crippen LogP contribution < -0.4 is 0 Å². The molecule has 0 spiro atoms. The SMILES string of the molecule is C[C@H]1[C@@H](c2cc(C(F)(F)F)nn2C)OC(=O)N1C. The molecule has 8 heteroatoms. The van der Waals surface area contributed by atoms with Crippen LogP contribution in [-0.4, -0.2) is 33.9 Å². The summed E-state index contributed by atoms with van der Waals surface area (Å²) in [6, 6.07) is 0.571. The van der Waals surface area contributed by atoms with Crippen LogP contribution in [0.25, 0.3) is 0 Å². The molecule has 2 heterocycles. The van der Waals surface area contributed by atoms with Gasteiger partial charge in [0.25, 0.3) is 0 Å². The van der Waals surface area contributed by atoms with Crippen LogP contribution in [0.1, 0.15) is 24.4 Å². The van der Waals surface area contributed by atoms with Crippen LogP contribution in [0.15, 0.2) is 6.07 Å². The first kappa shape index (κ1) is 12.7. The molecule has 0 aromatic carbocycles. The van der Waals surface area contributed by atoms with Gasteiger partial charge in [0.15, 0.2) is 11.8 Å². The molecule has 0 unspecified atom stereocenters. The Balaban J connectivity index is 2.35. The number of cyclic esters (lactones) is 1. The highest BCUT2D eigenvalue weighted by atomic mass is 19.4. The fraction of sp³-hybridized carbons (Fsp3) is 0.600. The summed E-state index contributed by atoms with van der Waals surface area (Å²) in [5.74, 6) is 0. The normalized spacial score (nSPS) is 24.6. The van der Waals surface area contributed by atoms with E-state index in [9.17, 15) is 18.0 Å². The van der Waals surface area contributed by atoms with Gasteiger partial charge in [0.2, 0.25) is 0 Å². The van der Waals surface area contributed by atoms with E-state index in [4.69, 9.17) is 4.74 Å². The first-order valence-electron chi connectivity index (χ1n) is 5.26. The number of aryl methyl sites for hydroxylation is 1. The number of carbonyl (C=O) groups is 1. The maximum absolute atomic E-state index is 12.5. The van der Waals surface area contributed by atoms with Gasteiger partial charge in [0, 0.05) is 14.1 Å². The summed E-state index contributed by atoms with van der Waals surface area (Å²) in [5.41, 5.74) is -0.759.